The van der Waals surface area contributed by atoms with Gasteiger partial charge < -0.3 is 9.47 Å². The van der Waals surface area contributed by atoms with Crippen molar-refractivity contribution < 1.29 is 23.9 Å². The van der Waals surface area contributed by atoms with Crippen LogP contribution in [0.4, 0.5) is 5.69 Å². The molecule has 2 aliphatic heterocycles. The van der Waals surface area contributed by atoms with E-state index in [0.29, 0.717) is 11.4 Å². The molecule has 31 heavy (non-hydrogen) atoms. The van der Waals surface area contributed by atoms with E-state index in [9.17, 15) is 14.4 Å². The third-order valence-corrected chi connectivity index (χ3v) is 6.32. The third-order valence-electron chi connectivity index (χ3n) is 6.32. The monoisotopic (exact) mass is 422 g/mol. The molecule has 2 saturated heterocycles. The van der Waals surface area contributed by atoms with Gasteiger partial charge in [0.2, 0.25) is 11.8 Å². The Bertz CT molecular complexity index is 1050. The number of aryl methyl sites for hydroxylation is 1. The first-order valence-electron chi connectivity index (χ1n) is 10.4. The number of nitrogens with one attached hydrogen (secondary N) is 1. The number of anilines is 1. The summed E-state index contributed by atoms with van der Waals surface area (Å²) in [6.45, 7) is 5.51. The largest absolute Gasteiger partial charge is 0.497 e. The summed E-state index contributed by atoms with van der Waals surface area (Å²) in [5.41, 5.74) is 0.971. The highest BCUT2D eigenvalue weighted by Gasteiger charge is 2.67. The van der Waals surface area contributed by atoms with E-state index >= 15 is 0 Å². The summed E-state index contributed by atoms with van der Waals surface area (Å²) in [6.07, 6.45) is 0. The molecule has 1 N–H and O–H groups in total. The summed E-state index contributed by atoms with van der Waals surface area (Å²) in [7, 11) is 1.53. The lowest BCUT2D eigenvalue weighted by atomic mass is 9.80. The molecule has 2 aliphatic rings. The van der Waals surface area contributed by atoms with Crippen LogP contribution in [-0.4, -0.2) is 37.0 Å². The molecule has 0 aromatic heterocycles. The molecule has 0 aliphatic carbocycles. The van der Waals surface area contributed by atoms with Gasteiger partial charge in [-0.05, 0) is 44.0 Å². The number of ether oxygens (including phenoxy) is 2. The first-order chi connectivity index (χ1) is 14.8. The molecular formula is C24H26N2O5. The number of methoxy groups -OCH3 is 1. The Morgan fingerprint density at radius 3 is 2.55 bits per heavy atom. The number of carbonyl (C=O) groups excluding carboxylic acids is 3. The maximum atomic E-state index is 13.6. The Hall–Kier alpha value is -3.19. The van der Waals surface area contributed by atoms with Gasteiger partial charge in [-0.3, -0.25) is 19.7 Å². The molecular weight excluding hydrogens is 396 g/mol. The molecule has 2 aromatic carbocycles. The second-order valence-corrected chi connectivity index (χ2v) is 8.12. The second-order valence-electron chi connectivity index (χ2n) is 8.12. The van der Waals surface area contributed by atoms with Gasteiger partial charge in [-0.25, -0.2) is 4.90 Å². The number of fused-ring (bicyclic) bond motifs is 1. The minimum atomic E-state index is -1.33. The highest BCUT2D eigenvalue weighted by molar-refractivity contribution is 6.24. The Balaban J connectivity index is 1.83. The van der Waals surface area contributed by atoms with E-state index in [1.54, 1.807) is 38.1 Å². The number of carbonyl (C=O) groups is 3. The average molecular weight is 422 g/mol. The number of amides is 2. The van der Waals surface area contributed by atoms with Gasteiger partial charge in [0.1, 0.15) is 11.3 Å². The molecule has 2 fully saturated rings. The van der Waals surface area contributed by atoms with E-state index < -0.39 is 35.3 Å². The van der Waals surface area contributed by atoms with Gasteiger partial charge in [0.05, 0.1) is 31.2 Å². The molecule has 4 rings (SSSR count). The van der Waals surface area contributed by atoms with E-state index in [4.69, 9.17) is 9.47 Å². The predicted octanol–water partition coefficient (Wildman–Crippen LogP) is 2.78. The average Bonchev–Trinajstić information content (AvgIpc) is 3.22. The van der Waals surface area contributed by atoms with Crippen LogP contribution in [0.5, 0.6) is 5.75 Å². The molecule has 2 heterocycles. The van der Waals surface area contributed by atoms with Crippen LogP contribution in [0.3, 0.4) is 0 Å². The summed E-state index contributed by atoms with van der Waals surface area (Å²) in [4.78, 5) is 41.4. The van der Waals surface area contributed by atoms with Crippen LogP contribution in [0.25, 0.3) is 0 Å². The number of hydrogen-bond donors (Lipinski definition) is 1. The van der Waals surface area contributed by atoms with E-state index in [2.05, 4.69) is 5.32 Å². The quantitative estimate of drug-likeness (QED) is 0.589. The van der Waals surface area contributed by atoms with Crippen LogP contribution in [0, 0.1) is 18.8 Å². The molecule has 4 atom stereocenters. The molecule has 0 unspecified atom stereocenters. The Labute approximate surface area is 181 Å². The van der Waals surface area contributed by atoms with Crippen molar-refractivity contribution in [2.75, 3.05) is 18.6 Å². The molecule has 0 radical (unpaired) electrons. The third kappa shape index (κ3) is 3.20. The fraction of sp³-hybridized carbons (Fsp3) is 0.375. The predicted molar refractivity (Wildman–Crippen MR) is 115 cm³/mol. The number of imide groups is 1. The van der Waals surface area contributed by atoms with Crippen LogP contribution in [0.1, 0.15) is 31.0 Å². The minimum absolute atomic E-state index is 0.185. The lowest BCUT2D eigenvalue weighted by molar-refractivity contribution is -0.153. The first kappa shape index (κ1) is 21.1. The second kappa shape index (κ2) is 7.81. The Morgan fingerprint density at radius 1 is 1.13 bits per heavy atom. The highest BCUT2D eigenvalue weighted by Crippen LogP contribution is 2.50. The molecule has 7 heteroatoms. The standard InChI is InChI=1S/C24H26N2O5/c1-5-31-23(29)24(3)19-18(20(25-24)17-12-7-6-9-14(17)2)21(27)26(22(19)28)15-10-8-11-16(13-15)30-4/h6-13,18-20,25H,5H2,1-4H3/t18-,19+,20-,24-/m0/s1. The van der Waals surface area contributed by atoms with Gasteiger partial charge in [0, 0.05) is 12.1 Å². The highest BCUT2D eigenvalue weighted by atomic mass is 16.5. The van der Waals surface area contributed by atoms with Crippen LogP contribution in [0.2, 0.25) is 0 Å². The van der Waals surface area contributed by atoms with Gasteiger partial charge >= 0.3 is 5.97 Å². The summed E-state index contributed by atoms with van der Waals surface area (Å²) < 4.78 is 10.6. The molecule has 0 bridgehead atoms. The molecule has 2 amide bonds. The van der Waals surface area contributed by atoms with Crippen molar-refractivity contribution in [1.82, 2.24) is 5.32 Å². The number of rotatable bonds is 5. The number of benzene rings is 2. The zero-order chi connectivity index (χ0) is 22.3. The van der Waals surface area contributed by atoms with Crippen molar-refractivity contribution in [2.24, 2.45) is 11.8 Å². The first-order valence-corrected chi connectivity index (χ1v) is 10.4. The molecule has 162 valence electrons. The summed E-state index contributed by atoms with van der Waals surface area (Å²) >= 11 is 0. The molecule has 2 aromatic rings. The fourth-order valence-electron chi connectivity index (χ4n) is 4.81. The van der Waals surface area contributed by atoms with Crippen molar-refractivity contribution in [3.05, 3.63) is 59.7 Å². The van der Waals surface area contributed by atoms with E-state index in [-0.39, 0.29) is 12.5 Å². The lowest BCUT2D eigenvalue weighted by Crippen LogP contribution is -2.54. The van der Waals surface area contributed by atoms with Crippen LogP contribution in [0.15, 0.2) is 48.5 Å². The molecule has 0 saturated carbocycles. The summed E-state index contributed by atoms with van der Waals surface area (Å²) in [5, 5.41) is 3.30. The topological polar surface area (TPSA) is 84.9 Å². The number of esters is 1. The zero-order valence-corrected chi connectivity index (χ0v) is 18.0. The maximum absolute atomic E-state index is 13.6. The number of nitrogens with zero attached hydrogens (tertiary/aromatic N) is 1. The summed E-state index contributed by atoms with van der Waals surface area (Å²) in [6, 6.07) is 14.0. The van der Waals surface area contributed by atoms with Crippen molar-refractivity contribution in [3.8, 4) is 5.75 Å². The fourth-order valence-corrected chi connectivity index (χ4v) is 4.81. The van der Waals surface area contributed by atoms with Gasteiger partial charge in [0.25, 0.3) is 0 Å². The minimum Gasteiger partial charge on any atom is -0.497 e. The zero-order valence-electron chi connectivity index (χ0n) is 18.0. The van der Waals surface area contributed by atoms with Gasteiger partial charge in [-0.15, -0.1) is 0 Å². The van der Waals surface area contributed by atoms with Crippen LogP contribution >= 0.6 is 0 Å². The summed E-state index contributed by atoms with van der Waals surface area (Å²) in [5.74, 6) is -2.35. The van der Waals surface area contributed by atoms with E-state index in [1.807, 2.05) is 31.2 Å². The van der Waals surface area contributed by atoms with Crippen molar-refractivity contribution >= 4 is 23.5 Å². The normalized spacial score (nSPS) is 27.4. The lowest BCUT2D eigenvalue weighted by Gasteiger charge is -2.29. The van der Waals surface area contributed by atoms with Crippen molar-refractivity contribution in [2.45, 2.75) is 32.4 Å². The SMILES string of the molecule is CCOC(=O)[C@@]1(C)N[C@@H](c2ccccc2C)[C@H]2C(=O)N(c3cccc(OC)c3)C(=O)[C@@H]21. The van der Waals surface area contributed by atoms with Gasteiger partial charge in [0.15, 0.2) is 0 Å². The number of hydrogen-bond acceptors (Lipinski definition) is 6. The van der Waals surface area contributed by atoms with Gasteiger partial charge in [-0.1, -0.05) is 30.3 Å². The van der Waals surface area contributed by atoms with Crippen LogP contribution in [-0.2, 0) is 19.1 Å². The molecule has 7 nitrogen and oxygen atoms in total. The van der Waals surface area contributed by atoms with Gasteiger partial charge in [-0.2, -0.15) is 0 Å². The van der Waals surface area contributed by atoms with E-state index in [0.717, 1.165) is 11.1 Å². The maximum Gasteiger partial charge on any atom is 0.326 e. The smallest absolute Gasteiger partial charge is 0.326 e. The van der Waals surface area contributed by atoms with E-state index in [1.165, 1.54) is 12.0 Å². The van der Waals surface area contributed by atoms with Crippen LogP contribution < -0.4 is 15.0 Å². The Kier molecular flexibility index (Phi) is 5.31. The van der Waals surface area contributed by atoms with Crippen molar-refractivity contribution in [3.63, 3.8) is 0 Å². The molecule has 0 spiro atoms. The van der Waals surface area contributed by atoms with Crippen molar-refractivity contribution in [1.29, 1.82) is 0 Å². The Morgan fingerprint density at radius 2 is 1.87 bits per heavy atom.